The van der Waals surface area contributed by atoms with E-state index in [2.05, 4.69) is 27.8 Å². The molecule has 0 aromatic heterocycles. The molecule has 0 amide bonds. The molecule has 0 heterocycles. The summed E-state index contributed by atoms with van der Waals surface area (Å²) in [5.74, 6) is -21.5. The highest BCUT2D eigenvalue weighted by Gasteiger charge is 2.78. The third kappa shape index (κ3) is 2.05. The third-order valence-corrected chi connectivity index (χ3v) is 1.74. The van der Waals surface area contributed by atoms with Gasteiger partial charge < -0.3 is 4.29 Å². The van der Waals surface area contributed by atoms with Gasteiger partial charge in [-0.1, -0.05) is 0 Å². The summed E-state index contributed by atoms with van der Waals surface area (Å²) in [6.45, 7) is 0. The average molecular weight is 293 g/mol. The van der Waals surface area contributed by atoms with Gasteiger partial charge in [0.15, 0.2) is 0 Å². The normalized spacial score (nSPS) is 13.5. The Balaban J connectivity index is 5.51. The van der Waals surface area contributed by atoms with Gasteiger partial charge in [-0.05, 0) is 11.6 Å². The highest BCUT2D eigenvalue weighted by atomic mass is 35.5. The van der Waals surface area contributed by atoms with E-state index >= 15 is 0 Å². The van der Waals surface area contributed by atoms with Crippen molar-refractivity contribution < 1.29 is 40.2 Å². The largest absolute Gasteiger partial charge is 0.412 e. The fourth-order valence-electron chi connectivity index (χ4n) is 0.497. The van der Waals surface area contributed by atoms with E-state index in [9.17, 15) is 35.9 Å². The van der Waals surface area contributed by atoms with Crippen LogP contribution in [0.15, 0.2) is 0 Å². The third-order valence-electron chi connectivity index (χ3n) is 1.36. The van der Waals surface area contributed by atoms with E-state index in [4.69, 9.17) is 0 Å². The molecule has 0 aliphatic carbocycles. The second-order valence-corrected chi connectivity index (χ2v) is 2.86. The van der Waals surface area contributed by atoms with Crippen LogP contribution in [0.3, 0.4) is 0 Å². The van der Waals surface area contributed by atoms with Crippen LogP contribution < -0.4 is 0 Å². The molecular formula is C5Cl2F6O3. The first-order valence-corrected chi connectivity index (χ1v) is 3.78. The van der Waals surface area contributed by atoms with Crippen LogP contribution in [-0.2, 0) is 13.9 Å². The van der Waals surface area contributed by atoms with Gasteiger partial charge in [-0.15, -0.1) is 0 Å². The summed E-state index contributed by atoms with van der Waals surface area (Å²) in [5, 5.41) is -3.06. The average Bonchev–Trinajstić information content (AvgIpc) is 2.15. The molecule has 0 aliphatic rings. The molecule has 0 spiro atoms. The van der Waals surface area contributed by atoms with Crippen molar-refractivity contribution in [3.63, 3.8) is 0 Å². The maximum Gasteiger partial charge on any atom is 0.412 e. The molecule has 94 valence electrons. The molecule has 0 radical (unpaired) electrons. The number of alkyl halides is 6. The summed E-state index contributed by atoms with van der Waals surface area (Å²) >= 11 is 8.07. The molecular weight excluding hydrogens is 293 g/mol. The topological polar surface area (TPSA) is 43.4 Å². The van der Waals surface area contributed by atoms with Crippen molar-refractivity contribution in [1.82, 2.24) is 0 Å². The SMILES string of the molecule is O=C(Cl)C(F)(F)C(F)(F)C(F)(F)C(=O)OCl. The van der Waals surface area contributed by atoms with Crippen LogP contribution in [0.5, 0.6) is 0 Å². The summed E-state index contributed by atoms with van der Waals surface area (Å²) in [4.78, 5) is 20.0. The van der Waals surface area contributed by atoms with Gasteiger partial charge in [0, 0.05) is 0 Å². The minimum absolute atomic E-state index is 2.69. The first kappa shape index (κ1) is 15.3. The zero-order valence-electron chi connectivity index (χ0n) is 6.75. The second kappa shape index (κ2) is 4.28. The molecule has 0 fully saturated rings. The maximum atomic E-state index is 12.5. The summed E-state index contributed by atoms with van der Waals surface area (Å²) in [5.41, 5.74) is 0. The van der Waals surface area contributed by atoms with Crippen molar-refractivity contribution in [2.24, 2.45) is 0 Å². The summed E-state index contributed by atoms with van der Waals surface area (Å²) in [6.07, 6.45) is 0. The van der Waals surface area contributed by atoms with E-state index in [1.807, 2.05) is 0 Å². The Hall–Kier alpha value is -0.700. The molecule has 0 unspecified atom stereocenters. The molecule has 11 heteroatoms. The highest BCUT2D eigenvalue weighted by Crippen LogP contribution is 2.47. The van der Waals surface area contributed by atoms with E-state index in [0.29, 0.717) is 0 Å². The van der Waals surface area contributed by atoms with Crippen molar-refractivity contribution in [3.05, 3.63) is 0 Å². The van der Waals surface area contributed by atoms with Crippen molar-refractivity contribution in [1.29, 1.82) is 0 Å². The van der Waals surface area contributed by atoms with Crippen molar-refractivity contribution >= 4 is 34.7 Å². The number of carbonyl (C=O) groups is 2. The van der Waals surface area contributed by atoms with Crippen LogP contribution in [-0.4, -0.2) is 29.0 Å². The molecule has 0 atom stereocenters. The smallest absolute Gasteiger partial charge is 0.342 e. The summed E-state index contributed by atoms with van der Waals surface area (Å²) in [7, 11) is 0. The van der Waals surface area contributed by atoms with Gasteiger partial charge >= 0.3 is 23.7 Å². The van der Waals surface area contributed by atoms with Gasteiger partial charge in [-0.2, -0.15) is 26.3 Å². The van der Waals surface area contributed by atoms with E-state index in [0.717, 1.165) is 0 Å². The predicted octanol–water partition coefficient (Wildman–Crippen LogP) is 2.35. The lowest BCUT2D eigenvalue weighted by Crippen LogP contribution is -2.60. The molecule has 0 aromatic rings. The first-order chi connectivity index (χ1) is 6.92. The minimum Gasteiger partial charge on any atom is -0.342 e. The van der Waals surface area contributed by atoms with Gasteiger partial charge in [-0.3, -0.25) is 4.79 Å². The van der Waals surface area contributed by atoms with Crippen molar-refractivity contribution in [3.8, 4) is 0 Å². The Kier molecular flexibility index (Phi) is 4.10. The van der Waals surface area contributed by atoms with Crippen LogP contribution in [0.25, 0.3) is 0 Å². The monoisotopic (exact) mass is 292 g/mol. The molecule has 0 aromatic carbocycles. The summed E-state index contributed by atoms with van der Waals surface area (Å²) < 4.78 is 77.3. The lowest BCUT2D eigenvalue weighted by atomic mass is 10.1. The number of rotatable bonds is 4. The predicted molar refractivity (Wildman–Crippen MR) is 37.6 cm³/mol. The van der Waals surface area contributed by atoms with Crippen LogP contribution in [0.2, 0.25) is 0 Å². The Labute approximate surface area is 93.4 Å². The molecule has 0 aliphatic heterocycles. The summed E-state index contributed by atoms with van der Waals surface area (Å²) in [6, 6.07) is 0. The zero-order chi connectivity index (χ0) is 13.4. The quantitative estimate of drug-likeness (QED) is 0.590. The van der Waals surface area contributed by atoms with Gasteiger partial charge in [0.25, 0.3) is 5.24 Å². The number of hydrogen-bond donors (Lipinski definition) is 0. The van der Waals surface area contributed by atoms with Crippen LogP contribution >= 0.6 is 23.5 Å². The Morgan fingerprint density at radius 3 is 1.56 bits per heavy atom. The van der Waals surface area contributed by atoms with Crippen molar-refractivity contribution in [2.45, 2.75) is 17.8 Å². The molecule has 0 N–H and O–H groups in total. The Morgan fingerprint density at radius 2 is 1.31 bits per heavy atom. The van der Waals surface area contributed by atoms with Gasteiger partial charge in [-0.25, -0.2) is 4.79 Å². The fraction of sp³-hybridized carbons (Fsp3) is 0.600. The van der Waals surface area contributed by atoms with Gasteiger partial charge in [0.1, 0.15) is 11.9 Å². The standard InChI is InChI=1S/C5Cl2F6O3/c6-1(14)3(8,9)5(12,13)4(10,11)2(15)16-7. The van der Waals surface area contributed by atoms with Crippen LogP contribution in [0.4, 0.5) is 26.3 Å². The molecule has 0 saturated carbocycles. The Morgan fingerprint density at radius 1 is 0.938 bits per heavy atom. The number of halogens is 8. The van der Waals surface area contributed by atoms with E-state index in [1.54, 1.807) is 0 Å². The van der Waals surface area contributed by atoms with Gasteiger partial charge in [0.05, 0.1) is 0 Å². The highest BCUT2D eigenvalue weighted by molar-refractivity contribution is 6.65. The lowest BCUT2D eigenvalue weighted by Gasteiger charge is -2.27. The fourth-order valence-corrected chi connectivity index (χ4v) is 0.713. The Bertz CT molecular complexity index is 317. The van der Waals surface area contributed by atoms with E-state index < -0.39 is 29.0 Å². The lowest BCUT2D eigenvalue weighted by molar-refractivity contribution is -0.288. The van der Waals surface area contributed by atoms with Crippen LogP contribution in [0, 0.1) is 0 Å². The van der Waals surface area contributed by atoms with Gasteiger partial charge in [0.2, 0.25) is 0 Å². The molecule has 3 nitrogen and oxygen atoms in total. The molecule has 16 heavy (non-hydrogen) atoms. The number of hydrogen-bond acceptors (Lipinski definition) is 3. The molecule has 0 saturated heterocycles. The number of carbonyl (C=O) groups excluding carboxylic acids is 2. The van der Waals surface area contributed by atoms with Crippen LogP contribution in [0.1, 0.15) is 0 Å². The first-order valence-electron chi connectivity index (χ1n) is 3.09. The minimum atomic E-state index is -6.37. The zero-order valence-corrected chi connectivity index (χ0v) is 8.26. The van der Waals surface area contributed by atoms with E-state index in [-0.39, 0.29) is 0 Å². The maximum absolute atomic E-state index is 12.5. The molecule has 0 rings (SSSR count). The second-order valence-electron chi connectivity index (χ2n) is 2.36. The van der Waals surface area contributed by atoms with E-state index in [1.165, 1.54) is 0 Å². The van der Waals surface area contributed by atoms with Crippen molar-refractivity contribution in [2.75, 3.05) is 0 Å². The molecule has 0 bridgehead atoms.